The van der Waals surface area contributed by atoms with Gasteiger partial charge in [-0.3, -0.25) is 0 Å². The van der Waals surface area contributed by atoms with Crippen molar-refractivity contribution in [2.45, 2.75) is 26.1 Å². The molecule has 0 atom stereocenters. The molecule has 0 fully saturated rings. The lowest BCUT2D eigenvalue weighted by molar-refractivity contribution is -0.140. The van der Waals surface area contributed by atoms with E-state index >= 15 is 0 Å². The summed E-state index contributed by atoms with van der Waals surface area (Å²) in [4.78, 5) is 3.65. The maximum absolute atomic E-state index is 12.8. The Balaban J connectivity index is 2.59. The standard InChI is InChI=1S/C14H15F3N2O/c1-8(2)20-9-4-5-11-10(6-9)12(18-3)7-13(19-11)14(15,16)17/h4-8H,1-3H3,(H,18,19). The summed E-state index contributed by atoms with van der Waals surface area (Å²) in [6, 6.07) is 5.84. The molecule has 0 aliphatic carbocycles. The molecule has 0 radical (unpaired) electrons. The normalized spacial score (nSPS) is 11.9. The van der Waals surface area contributed by atoms with Gasteiger partial charge in [0.15, 0.2) is 0 Å². The molecule has 0 saturated carbocycles. The monoisotopic (exact) mass is 284 g/mol. The molecule has 2 aromatic rings. The smallest absolute Gasteiger partial charge is 0.433 e. The van der Waals surface area contributed by atoms with Gasteiger partial charge in [-0.25, -0.2) is 4.98 Å². The van der Waals surface area contributed by atoms with Crippen molar-refractivity contribution < 1.29 is 17.9 Å². The van der Waals surface area contributed by atoms with Gasteiger partial charge in [0.25, 0.3) is 0 Å². The molecular formula is C14H15F3N2O. The first-order chi connectivity index (χ1) is 9.31. The molecule has 1 aromatic carbocycles. The maximum Gasteiger partial charge on any atom is 0.433 e. The number of anilines is 1. The number of halogens is 3. The summed E-state index contributed by atoms with van der Waals surface area (Å²) >= 11 is 0. The van der Waals surface area contributed by atoms with Gasteiger partial charge in [0.05, 0.1) is 11.6 Å². The van der Waals surface area contributed by atoms with Crippen LogP contribution in [0.3, 0.4) is 0 Å². The molecule has 20 heavy (non-hydrogen) atoms. The molecule has 1 aromatic heterocycles. The first kappa shape index (κ1) is 14.4. The molecule has 0 spiro atoms. The van der Waals surface area contributed by atoms with Gasteiger partial charge in [-0.1, -0.05) is 0 Å². The lowest BCUT2D eigenvalue weighted by atomic mass is 10.1. The first-order valence-electron chi connectivity index (χ1n) is 6.17. The van der Waals surface area contributed by atoms with Crippen LogP contribution in [0, 0.1) is 0 Å². The molecule has 1 N–H and O–H groups in total. The van der Waals surface area contributed by atoms with Crippen LogP contribution >= 0.6 is 0 Å². The lowest BCUT2D eigenvalue weighted by Crippen LogP contribution is -2.09. The Bertz CT molecular complexity index is 624. The Hall–Kier alpha value is -1.98. The van der Waals surface area contributed by atoms with Crippen LogP contribution in [0.4, 0.5) is 18.9 Å². The number of nitrogens with one attached hydrogen (secondary N) is 1. The Kier molecular flexibility index (Phi) is 3.74. The summed E-state index contributed by atoms with van der Waals surface area (Å²) < 4.78 is 43.8. The summed E-state index contributed by atoms with van der Waals surface area (Å²) in [6.07, 6.45) is -4.47. The van der Waals surface area contributed by atoms with E-state index in [0.717, 1.165) is 6.07 Å². The van der Waals surface area contributed by atoms with Gasteiger partial charge in [0.1, 0.15) is 11.4 Å². The van der Waals surface area contributed by atoms with Gasteiger partial charge < -0.3 is 10.1 Å². The fourth-order valence-corrected chi connectivity index (χ4v) is 1.90. The molecular weight excluding hydrogens is 269 g/mol. The zero-order chi connectivity index (χ0) is 14.9. The van der Waals surface area contributed by atoms with Crippen LogP contribution in [0.5, 0.6) is 5.75 Å². The van der Waals surface area contributed by atoms with E-state index in [1.165, 1.54) is 6.07 Å². The summed E-state index contributed by atoms with van der Waals surface area (Å²) in [5.74, 6) is 0.602. The second kappa shape index (κ2) is 5.19. The number of rotatable bonds is 3. The minimum Gasteiger partial charge on any atom is -0.491 e. The highest BCUT2D eigenvalue weighted by atomic mass is 19.4. The topological polar surface area (TPSA) is 34.2 Å². The lowest BCUT2D eigenvalue weighted by Gasteiger charge is -2.14. The number of pyridine rings is 1. The predicted octanol–water partition coefficient (Wildman–Crippen LogP) is 4.08. The van der Waals surface area contributed by atoms with E-state index in [1.807, 2.05) is 13.8 Å². The Morgan fingerprint density at radius 2 is 1.90 bits per heavy atom. The number of hydrogen-bond acceptors (Lipinski definition) is 3. The largest absolute Gasteiger partial charge is 0.491 e. The SMILES string of the molecule is CNc1cc(C(F)(F)F)nc2ccc(OC(C)C)cc12. The zero-order valence-electron chi connectivity index (χ0n) is 11.4. The van der Waals surface area contributed by atoms with Crippen LogP contribution in [-0.2, 0) is 6.18 Å². The van der Waals surface area contributed by atoms with E-state index in [0.29, 0.717) is 16.8 Å². The van der Waals surface area contributed by atoms with E-state index in [-0.39, 0.29) is 11.6 Å². The van der Waals surface area contributed by atoms with Crippen molar-refractivity contribution in [3.63, 3.8) is 0 Å². The number of hydrogen-bond donors (Lipinski definition) is 1. The molecule has 1 heterocycles. The Morgan fingerprint density at radius 1 is 1.20 bits per heavy atom. The van der Waals surface area contributed by atoms with Crippen LogP contribution in [0.15, 0.2) is 24.3 Å². The van der Waals surface area contributed by atoms with Crippen molar-refractivity contribution in [1.29, 1.82) is 0 Å². The molecule has 108 valence electrons. The Morgan fingerprint density at radius 3 is 2.45 bits per heavy atom. The highest BCUT2D eigenvalue weighted by Crippen LogP contribution is 2.34. The number of benzene rings is 1. The van der Waals surface area contributed by atoms with Crippen molar-refractivity contribution >= 4 is 16.6 Å². The molecule has 0 saturated heterocycles. The molecule has 0 bridgehead atoms. The molecule has 0 aliphatic heterocycles. The highest BCUT2D eigenvalue weighted by Gasteiger charge is 2.33. The second-order valence-corrected chi connectivity index (χ2v) is 4.65. The van der Waals surface area contributed by atoms with Crippen molar-refractivity contribution in [3.05, 3.63) is 30.0 Å². The van der Waals surface area contributed by atoms with Gasteiger partial charge in [-0.2, -0.15) is 13.2 Å². The molecule has 0 unspecified atom stereocenters. The number of aromatic nitrogens is 1. The van der Waals surface area contributed by atoms with Crippen molar-refractivity contribution in [3.8, 4) is 5.75 Å². The van der Waals surface area contributed by atoms with Crippen molar-refractivity contribution in [1.82, 2.24) is 4.98 Å². The van der Waals surface area contributed by atoms with E-state index in [2.05, 4.69) is 10.3 Å². The van der Waals surface area contributed by atoms with Crippen LogP contribution in [0.1, 0.15) is 19.5 Å². The molecule has 0 aliphatic rings. The summed E-state index contributed by atoms with van der Waals surface area (Å²) in [5.41, 5.74) is -0.260. The number of fused-ring (bicyclic) bond motifs is 1. The van der Waals surface area contributed by atoms with Gasteiger partial charge in [0.2, 0.25) is 0 Å². The summed E-state index contributed by atoms with van der Waals surface area (Å²) in [5, 5.41) is 3.36. The zero-order valence-corrected chi connectivity index (χ0v) is 11.4. The fourth-order valence-electron chi connectivity index (χ4n) is 1.90. The van der Waals surface area contributed by atoms with Crippen LogP contribution < -0.4 is 10.1 Å². The molecule has 0 amide bonds. The van der Waals surface area contributed by atoms with Crippen LogP contribution in [-0.4, -0.2) is 18.1 Å². The highest BCUT2D eigenvalue weighted by molar-refractivity contribution is 5.92. The third-order valence-electron chi connectivity index (χ3n) is 2.71. The maximum atomic E-state index is 12.8. The van der Waals surface area contributed by atoms with Crippen molar-refractivity contribution in [2.24, 2.45) is 0 Å². The summed E-state index contributed by atoms with van der Waals surface area (Å²) in [7, 11) is 1.57. The third-order valence-corrected chi connectivity index (χ3v) is 2.71. The van der Waals surface area contributed by atoms with Gasteiger partial charge >= 0.3 is 6.18 Å². The van der Waals surface area contributed by atoms with E-state index in [4.69, 9.17) is 4.74 Å². The van der Waals surface area contributed by atoms with Gasteiger partial charge in [-0.15, -0.1) is 0 Å². The van der Waals surface area contributed by atoms with Crippen LogP contribution in [0.25, 0.3) is 10.9 Å². The number of ether oxygens (including phenoxy) is 1. The summed E-state index contributed by atoms with van der Waals surface area (Å²) in [6.45, 7) is 3.77. The molecule has 3 nitrogen and oxygen atoms in total. The van der Waals surface area contributed by atoms with Crippen molar-refractivity contribution in [2.75, 3.05) is 12.4 Å². The Labute approximate surface area is 114 Å². The first-order valence-corrected chi connectivity index (χ1v) is 6.17. The fraction of sp³-hybridized carbons (Fsp3) is 0.357. The van der Waals surface area contributed by atoms with E-state index in [9.17, 15) is 13.2 Å². The molecule has 6 heteroatoms. The molecule has 2 rings (SSSR count). The quantitative estimate of drug-likeness (QED) is 0.922. The second-order valence-electron chi connectivity index (χ2n) is 4.65. The van der Waals surface area contributed by atoms with E-state index in [1.54, 1.807) is 19.2 Å². The van der Waals surface area contributed by atoms with Gasteiger partial charge in [0, 0.05) is 18.1 Å². The van der Waals surface area contributed by atoms with E-state index < -0.39 is 11.9 Å². The minimum absolute atomic E-state index is 0.00658. The average molecular weight is 284 g/mol. The number of alkyl halides is 3. The van der Waals surface area contributed by atoms with Crippen LogP contribution in [0.2, 0.25) is 0 Å². The van der Waals surface area contributed by atoms with Gasteiger partial charge in [-0.05, 0) is 38.1 Å². The third kappa shape index (κ3) is 2.95. The minimum atomic E-state index is -4.47. The average Bonchev–Trinajstić information content (AvgIpc) is 2.35. The predicted molar refractivity (Wildman–Crippen MR) is 72.1 cm³/mol. The number of nitrogens with zero attached hydrogens (tertiary/aromatic N) is 1.